The second kappa shape index (κ2) is 3.85. The molecule has 9 nitrogen and oxygen atoms in total. The number of β-amino-alcohol motifs (C(OH)–C–C–N with tert-alkyl or cyclic N) is 1. The second-order valence-electron chi connectivity index (χ2n) is 3.44. The SMILES string of the molecule is O=C(O)[C@@H]1C[C@@H](O)CN1C(=O)c1nn[nH]n1. The average Bonchev–Trinajstić information content (AvgIpc) is 2.84. The summed E-state index contributed by atoms with van der Waals surface area (Å²) in [5.74, 6) is -2.02. The number of aromatic amines is 1. The monoisotopic (exact) mass is 227 g/mol. The fourth-order valence-corrected chi connectivity index (χ4v) is 1.65. The summed E-state index contributed by atoms with van der Waals surface area (Å²) in [4.78, 5) is 23.6. The number of hydrogen-bond acceptors (Lipinski definition) is 6. The molecular formula is C7H9N5O4. The molecule has 1 aromatic heterocycles. The number of aliphatic carboxylic acids is 1. The van der Waals surface area contributed by atoms with Crippen molar-refractivity contribution in [3.05, 3.63) is 5.82 Å². The number of carbonyl (C=O) groups is 2. The Labute approximate surface area is 89.1 Å². The Hall–Kier alpha value is -2.03. The van der Waals surface area contributed by atoms with Gasteiger partial charge in [0.25, 0.3) is 11.7 Å². The number of carbonyl (C=O) groups excluding carboxylic acids is 1. The van der Waals surface area contributed by atoms with Crippen LogP contribution < -0.4 is 0 Å². The van der Waals surface area contributed by atoms with Crippen LogP contribution in [0.1, 0.15) is 17.0 Å². The molecule has 1 aliphatic heterocycles. The third-order valence-electron chi connectivity index (χ3n) is 2.36. The van der Waals surface area contributed by atoms with Gasteiger partial charge in [-0.25, -0.2) is 4.79 Å². The molecule has 1 aromatic rings. The van der Waals surface area contributed by atoms with Gasteiger partial charge in [0.1, 0.15) is 6.04 Å². The van der Waals surface area contributed by atoms with Gasteiger partial charge in [-0.05, 0) is 5.21 Å². The predicted octanol–water partition coefficient (Wildman–Crippen LogP) is -2.14. The van der Waals surface area contributed by atoms with Crippen LogP contribution in [-0.4, -0.2) is 66.3 Å². The minimum atomic E-state index is -1.16. The van der Waals surface area contributed by atoms with E-state index in [1.165, 1.54) is 0 Å². The number of amides is 1. The second-order valence-corrected chi connectivity index (χ2v) is 3.44. The van der Waals surface area contributed by atoms with Gasteiger partial charge in [0.15, 0.2) is 0 Å². The maximum atomic E-state index is 11.7. The Morgan fingerprint density at radius 3 is 2.81 bits per heavy atom. The average molecular weight is 227 g/mol. The van der Waals surface area contributed by atoms with Crippen molar-refractivity contribution in [3.63, 3.8) is 0 Å². The molecule has 3 N–H and O–H groups in total. The van der Waals surface area contributed by atoms with Gasteiger partial charge in [0.05, 0.1) is 6.10 Å². The van der Waals surface area contributed by atoms with Gasteiger partial charge in [-0.3, -0.25) is 4.79 Å². The van der Waals surface area contributed by atoms with Crippen LogP contribution in [-0.2, 0) is 4.79 Å². The number of tetrazole rings is 1. The first-order chi connectivity index (χ1) is 7.59. The Bertz CT molecular complexity index is 405. The first-order valence-corrected chi connectivity index (χ1v) is 4.55. The lowest BCUT2D eigenvalue weighted by molar-refractivity contribution is -0.141. The number of aliphatic hydroxyl groups excluding tert-OH is 1. The Balaban J connectivity index is 2.20. The van der Waals surface area contributed by atoms with Crippen LogP contribution >= 0.6 is 0 Å². The van der Waals surface area contributed by atoms with Crippen molar-refractivity contribution < 1.29 is 19.8 Å². The van der Waals surface area contributed by atoms with Crippen molar-refractivity contribution >= 4 is 11.9 Å². The summed E-state index contributed by atoms with van der Waals surface area (Å²) >= 11 is 0. The Kier molecular flexibility index (Phi) is 2.52. The van der Waals surface area contributed by atoms with Crippen molar-refractivity contribution in [3.8, 4) is 0 Å². The molecule has 0 unspecified atom stereocenters. The normalized spacial score (nSPS) is 24.7. The van der Waals surface area contributed by atoms with E-state index in [0.717, 1.165) is 4.90 Å². The fraction of sp³-hybridized carbons (Fsp3) is 0.571. The molecule has 1 amide bonds. The highest BCUT2D eigenvalue weighted by atomic mass is 16.4. The van der Waals surface area contributed by atoms with Crippen molar-refractivity contribution in [2.75, 3.05) is 6.54 Å². The summed E-state index contributed by atoms with van der Waals surface area (Å²) < 4.78 is 0. The maximum absolute atomic E-state index is 11.7. The number of nitrogens with one attached hydrogen (secondary N) is 1. The highest BCUT2D eigenvalue weighted by molar-refractivity contribution is 5.93. The van der Waals surface area contributed by atoms with E-state index in [1.807, 2.05) is 0 Å². The van der Waals surface area contributed by atoms with E-state index in [9.17, 15) is 14.7 Å². The molecule has 2 rings (SSSR count). The lowest BCUT2D eigenvalue weighted by Crippen LogP contribution is -2.41. The summed E-state index contributed by atoms with van der Waals surface area (Å²) in [6.07, 6.45) is -0.823. The number of aliphatic hydroxyl groups is 1. The number of carboxylic acid groups (broad SMARTS) is 1. The van der Waals surface area contributed by atoms with Crippen LogP contribution in [0.25, 0.3) is 0 Å². The zero-order chi connectivity index (χ0) is 11.7. The number of rotatable bonds is 2. The molecule has 9 heteroatoms. The van der Waals surface area contributed by atoms with Crippen LogP contribution in [0.3, 0.4) is 0 Å². The highest BCUT2D eigenvalue weighted by Gasteiger charge is 2.40. The molecule has 0 bridgehead atoms. The summed E-state index contributed by atoms with van der Waals surface area (Å²) in [5, 5.41) is 30.5. The van der Waals surface area contributed by atoms with Crippen LogP contribution in [0.5, 0.6) is 0 Å². The lowest BCUT2D eigenvalue weighted by atomic mass is 10.2. The molecule has 1 fully saturated rings. The maximum Gasteiger partial charge on any atom is 0.326 e. The van der Waals surface area contributed by atoms with Gasteiger partial charge >= 0.3 is 5.97 Å². The number of nitrogens with zero attached hydrogens (tertiary/aromatic N) is 4. The van der Waals surface area contributed by atoms with Gasteiger partial charge in [-0.1, -0.05) is 0 Å². The molecule has 0 spiro atoms. The topological polar surface area (TPSA) is 132 Å². The summed E-state index contributed by atoms with van der Waals surface area (Å²) in [6.45, 7) is -0.0374. The molecule has 1 aliphatic rings. The van der Waals surface area contributed by atoms with Crippen LogP contribution in [0.4, 0.5) is 0 Å². The van der Waals surface area contributed by atoms with Crippen molar-refractivity contribution in [1.82, 2.24) is 25.5 Å². The summed E-state index contributed by atoms with van der Waals surface area (Å²) in [6, 6.07) is -1.04. The third kappa shape index (κ3) is 1.72. The van der Waals surface area contributed by atoms with Gasteiger partial charge in [-0.2, -0.15) is 5.21 Å². The Morgan fingerprint density at radius 1 is 1.50 bits per heavy atom. The van der Waals surface area contributed by atoms with Gasteiger partial charge in [0.2, 0.25) is 0 Å². The molecule has 0 saturated carbocycles. The minimum Gasteiger partial charge on any atom is -0.480 e. The van der Waals surface area contributed by atoms with Crippen molar-refractivity contribution in [2.45, 2.75) is 18.6 Å². The van der Waals surface area contributed by atoms with E-state index in [0.29, 0.717) is 0 Å². The fourth-order valence-electron chi connectivity index (χ4n) is 1.65. The number of likely N-dealkylation sites (tertiary alicyclic amines) is 1. The molecule has 0 aliphatic carbocycles. The largest absolute Gasteiger partial charge is 0.480 e. The van der Waals surface area contributed by atoms with E-state index < -0.39 is 24.0 Å². The quantitative estimate of drug-likeness (QED) is 0.525. The molecule has 0 aromatic carbocycles. The first-order valence-electron chi connectivity index (χ1n) is 4.55. The molecular weight excluding hydrogens is 218 g/mol. The van der Waals surface area contributed by atoms with Gasteiger partial charge < -0.3 is 15.1 Å². The zero-order valence-electron chi connectivity index (χ0n) is 8.07. The van der Waals surface area contributed by atoms with E-state index in [-0.39, 0.29) is 18.8 Å². The van der Waals surface area contributed by atoms with E-state index in [4.69, 9.17) is 5.11 Å². The molecule has 0 radical (unpaired) electrons. The van der Waals surface area contributed by atoms with Gasteiger partial charge in [0, 0.05) is 13.0 Å². The lowest BCUT2D eigenvalue weighted by Gasteiger charge is -2.18. The standard InChI is InChI=1S/C7H9N5O4/c13-3-1-4(7(15)16)12(2-3)6(14)5-8-10-11-9-5/h3-4,13H,1-2H2,(H,15,16)(H,8,9,10,11)/t3-,4+/m1/s1. The van der Waals surface area contributed by atoms with E-state index in [1.54, 1.807) is 0 Å². The summed E-state index contributed by atoms with van der Waals surface area (Å²) in [7, 11) is 0. The number of H-pyrrole nitrogens is 1. The van der Waals surface area contributed by atoms with Crippen molar-refractivity contribution in [2.24, 2.45) is 0 Å². The Morgan fingerprint density at radius 2 is 2.25 bits per heavy atom. The number of hydrogen-bond donors (Lipinski definition) is 3. The minimum absolute atomic E-state index is 0.0128. The van der Waals surface area contributed by atoms with Crippen LogP contribution in [0.2, 0.25) is 0 Å². The molecule has 2 heterocycles. The van der Waals surface area contributed by atoms with Crippen LogP contribution in [0.15, 0.2) is 0 Å². The predicted molar refractivity (Wildman–Crippen MR) is 47.3 cm³/mol. The third-order valence-corrected chi connectivity index (χ3v) is 2.36. The first kappa shape index (κ1) is 10.5. The molecule has 16 heavy (non-hydrogen) atoms. The zero-order valence-corrected chi connectivity index (χ0v) is 8.07. The smallest absolute Gasteiger partial charge is 0.326 e. The van der Waals surface area contributed by atoms with E-state index >= 15 is 0 Å². The van der Waals surface area contributed by atoms with Crippen molar-refractivity contribution in [1.29, 1.82) is 0 Å². The molecule has 2 atom stereocenters. The van der Waals surface area contributed by atoms with Gasteiger partial charge in [-0.15, -0.1) is 10.2 Å². The highest BCUT2D eigenvalue weighted by Crippen LogP contribution is 2.19. The molecule has 1 saturated heterocycles. The number of carboxylic acids is 1. The van der Waals surface area contributed by atoms with E-state index in [2.05, 4.69) is 20.6 Å². The summed E-state index contributed by atoms with van der Waals surface area (Å²) in [5.41, 5.74) is 0. The molecule has 86 valence electrons. The number of aromatic nitrogens is 4. The van der Waals surface area contributed by atoms with Crippen LogP contribution in [0, 0.1) is 0 Å².